The second-order valence-electron chi connectivity index (χ2n) is 4.24. The molecule has 2 atom stereocenters. The number of hydrogen-bond acceptors (Lipinski definition) is 5. The number of aliphatic hydroxyl groups excluding tert-OH is 2. The van der Waals surface area contributed by atoms with Gasteiger partial charge in [0.1, 0.15) is 11.9 Å². The zero-order chi connectivity index (χ0) is 15.3. The highest BCUT2D eigenvalue weighted by Gasteiger charge is 2.31. The summed E-state index contributed by atoms with van der Waals surface area (Å²) in [6.45, 7) is 0.480. The molecule has 0 aliphatic rings. The van der Waals surface area contributed by atoms with Crippen molar-refractivity contribution in [3.05, 3.63) is 23.8 Å². The number of nitrogen functional groups attached to an aromatic ring is 1. The van der Waals surface area contributed by atoms with Crippen molar-refractivity contribution in [2.75, 3.05) is 19.3 Å². The van der Waals surface area contributed by atoms with Crippen molar-refractivity contribution in [3.63, 3.8) is 0 Å². The monoisotopic (exact) mass is 294 g/mol. The third kappa shape index (κ3) is 4.87. The lowest BCUT2D eigenvalue weighted by Gasteiger charge is -2.20. The summed E-state index contributed by atoms with van der Waals surface area (Å²) >= 11 is 0. The van der Waals surface area contributed by atoms with E-state index in [0.717, 1.165) is 12.1 Å². The zero-order valence-corrected chi connectivity index (χ0v) is 10.8. The first-order valence-corrected chi connectivity index (χ1v) is 5.90. The van der Waals surface area contributed by atoms with Gasteiger partial charge in [0.15, 0.2) is 0 Å². The fourth-order valence-electron chi connectivity index (χ4n) is 1.68. The van der Waals surface area contributed by atoms with E-state index in [-0.39, 0.29) is 17.7 Å². The summed E-state index contributed by atoms with van der Waals surface area (Å²) in [6.07, 6.45) is -6.88. The molecule has 1 aromatic rings. The van der Waals surface area contributed by atoms with Crippen molar-refractivity contribution in [2.24, 2.45) is 0 Å². The lowest BCUT2D eigenvalue weighted by atomic mass is 10.0. The van der Waals surface area contributed by atoms with E-state index in [4.69, 9.17) is 5.73 Å². The van der Waals surface area contributed by atoms with E-state index in [9.17, 15) is 23.4 Å². The number of alkyl halides is 3. The highest BCUT2D eigenvalue weighted by Crippen LogP contribution is 2.30. The van der Waals surface area contributed by atoms with E-state index >= 15 is 0 Å². The summed E-state index contributed by atoms with van der Waals surface area (Å²) in [5.74, 6) is -0.476. The molecule has 0 aliphatic carbocycles. The quantitative estimate of drug-likeness (QED) is 0.592. The molecule has 0 spiro atoms. The molecule has 1 aromatic carbocycles. The molecule has 20 heavy (non-hydrogen) atoms. The number of rotatable bonds is 6. The molecule has 114 valence electrons. The van der Waals surface area contributed by atoms with Crippen LogP contribution in [0.5, 0.6) is 5.75 Å². The average Bonchev–Trinajstić information content (AvgIpc) is 2.33. The molecule has 5 nitrogen and oxygen atoms in total. The zero-order valence-electron chi connectivity index (χ0n) is 10.8. The van der Waals surface area contributed by atoms with Crippen molar-refractivity contribution >= 4 is 5.69 Å². The lowest BCUT2D eigenvalue weighted by Crippen LogP contribution is -2.24. The minimum Gasteiger partial charge on any atom is -0.406 e. The van der Waals surface area contributed by atoms with Crippen LogP contribution in [0.15, 0.2) is 18.2 Å². The summed E-state index contributed by atoms with van der Waals surface area (Å²) in [4.78, 5) is 0. The van der Waals surface area contributed by atoms with E-state index in [1.165, 1.54) is 6.07 Å². The highest BCUT2D eigenvalue weighted by molar-refractivity contribution is 5.52. The van der Waals surface area contributed by atoms with Crippen molar-refractivity contribution in [1.82, 2.24) is 5.32 Å². The predicted octanol–water partition coefficient (Wildman–Crippen LogP) is 1.17. The number of nitrogens with one attached hydrogen (secondary N) is 1. The van der Waals surface area contributed by atoms with Gasteiger partial charge in [0.05, 0.1) is 6.10 Å². The van der Waals surface area contributed by atoms with Crippen LogP contribution in [0, 0.1) is 0 Å². The van der Waals surface area contributed by atoms with Crippen molar-refractivity contribution in [2.45, 2.75) is 25.0 Å². The maximum absolute atomic E-state index is 12.0. The van der Waals surface area contributed by atoms with Gasteiger partial charge >= 0.3 is 6.36 Å². The van der Waals surface area contributed by atoms with Gasteiger partial charge in [-0.2, -0.15) is 0 Å². The Morgan fingerprint density at radius 2 is 2.00 bits per heavy atom. The maximum atomic E-state index is 12.0. The molecule has 0 radical (unpaired) electrons. The molecule has 5 N–H and O–H groups in total. The molecule has 0 amide bonds. The largest absolute Gasteiger partial charge is 0.573 e. The number of halogens is 3. The van der Waals surface area contributed by atoms with Gasteiger partial charge in [-0.1, -0.05) is 6.07 Å². The Hall–Kier alpha value is -1.51. The van der Waals surface area contributed by atoms with Crippen LogP contribution in [0.25, 0.3) is 0 Å². The highest BCUT2D eigenvalue weighted by atomic mass is 19.4. The van der Waals surface area contributed by atoms with Crippen LogP contribution in [0.1, 0.15) is 18.1 Å². The molecule has 0 aromatic heterocycles. The molecular weight excluding hydrogens is 277 g/mol. The van der Waals surface area contributed by atoms with E-state index in [1.807, 2.05) is 0 Å². The predicted molar refractivity (Wildman–Crippen MR) is 67.0 cm³/mol. The molecule has 8 heteroatoms. The van der Waals surface area contributed by atoms with Crippen LogP contribution >= 0.6 is 0 Å². The molecule has 0 fully saturated rings. The number of hydrogen-bond donors (Lipinski definition) is 4. The minimum atomic E-state index is -4.81. The standard InChI is InChI=1S/C12H17F3N2O3/c1-17-5-4-10(18)11(19)8-3-2-7(6-9(8)16)20-12(13,14)15/h2-3,6,10-11,17-19H,4-5,16H2,1H3. The SMILES string of the molecule is CNCCC(O)C(O)c1ccc(OC(F)(F)F)cc1N. The van der Waals surface area contributed by atoms with Crippen LogP contribution in [0.3, 0.4) is 0 Å². The molecule has 0 aliphatic heterocycles. The first-order valence-electron chi connectivity index (χ1n) is 5.90. The van der Waals surface area contributed by atoms with Gasteiger partial charge in [-0.15, -0.1) is 13.2 Å². The molecular formula is C12H17F3N2O3. The molecule has 0 saturated carbocycles. The lowest BCUT2D eigenvalue weighted by molar-refractivity contribution is -0.274. The Kier molecular flexibility index (Phi) is 5.61. The third-order valence-corrected chi connectivity index (χ3v) is 2.67. The Balaban J connectivity index is 2.82. The van der Waals surface area contributed by atoms with Gasteiger partial charge < -0.3 is 26.0 Å². The molecule has 0 saturated heterocycles. The Labute approximate surface area is 114 Å². The van der Waals surface area contributed by atoms with Gasteiger partial charge in [-0.25, -0.2) is 0 Å². The summed E-state index contributed by atoms with van der Waals surface area (Å²) in [7, 11) is 1.69. The van der Waals surface area contributed by atoms with Gasteiger partial charge in [-0.3, -0.25) is 0 Å². The fourth-order valence-corrected chi connectivity index (χ4v) is 1.68. The second kappa shape index (κ2) is 6.78. The van der Waals surface area contributed by atoms with Crippen LogP contribution in [-0.4, -0.2) is 36.3 Å². The third-order valence-electron chi connectivity index (χ3n) is 2.67. The van der Waals surface area contributed by atoms with E-state index < -0.39 is 24.3 Å². The Morgan fingerprint density at radius 1 is 1.35 bits per heavy atom. The van der Waals surface area contributed by atoms with E-state index in [2.05, 4.69) is 10.1 Å². The van der Waals surface area contributed by atoms with Crippen LogP contribution in [0.4, 0.5) is 18.9 Å². The molecule has 0 heterocycles. The summed E-state index contributed by atoms with van der Waals surface area (Å²) in [6, 6.07) is 3.19. The Bertz CT molecular complexity index is 440. The normalized spacial score (nSPS) is 14.9. The van der Waals surface area contributed by atoms with Crippen LogP contribution in [-0.2, 0) is 0 Å². The number of anilines is 1. The smallest absolute Gasteiger partial charge is 0.406 e. The first-order chi connectivity index (χ1) is 9.24. The first kappa shape index (κ1) is 16.5. The number of benzene rings is 1. The summed E-state index contributed by atoms with van der Waals surface area (Å²) in [5.41, 5.74) is 5.65. The van der Waals surface area contributed by atoms with E-state index in [1.54, 1.807) is 7.05 Å². The van der Waals surface area contributed by atoms with Gasteiger partial charge in [0.2, 0.25) is 0 Å². The summed E-state index contributed by atoms with van der Waals surface area (Å²) in [5, 5.41) is 22.4. The Morgan fingerprint density at radius 3 is 2.50 bits per heavy atom. The maximum Gasteiger partial charge on any atom is 0.573 e. The fraction of sp³-hybridized carbons (Fsp3) is 0.500. The van der Waals surface area contributed by atoms with E-state index in [0.29, 0.717) is 6.54 Å². The van der Waals surface area contributed by atoms with Crippen LogP contribution in [0.2, 0.25) is 0 Å². The van der Waals surface area contributed by atoms with Crippen molar-refractivity contribution < 1.29 is 28.1 Å². The number of nitrogens with two attached hydrogens (primary N) is 1. The average molecular weight is 294 g/mol. The minimum absolute atomic E-state index is 0.0808. The van der Waals surface area contributed by atoms with Gasteiger partial charge in [0.25, 0.3) is 0 Å². The molecule has 1 rings (SSSR count). The number of ether oxygens (including phenoxy) is 1. The topological polar surface area (TPSA) is 87.7 Å². The van der Waals surface area contributed by atoms with Gasteiger partial charge in [-0.05, 0) is 26.1 Å². The summed E-state index contributed by atoms with van der Waals surface area (Å²) < 4.78 is 39.8. The second-order valence-corrected chi connectivity index (χ2v) is 4.24. The molecule has 2 unspecified atom stereocenters. The van der Waals surface area contributed by atoms with Crippen LogP contribution < -0.4 is 15.8 Å². The number of aliphatic hydroxyl groups is 2. The van der Waals surface area contributed by atoms with Crippen molar-refractivity contribution in [3.8, 4) is 5.75 Å². The van der Waals surface area contributed by atoms with Crippen molar-refractivity contribution in [1.29, 1.82) is 0 Å². The molecule has 0 bridgehead atoms. The van der Waals surface area contributed by atoms with Gasteiger partial charge in [0, 0.05) is 17.3 Å².